The van der Waals surface area contributed by atoms with Gasteiger partial charge in [-0.2, -0.15) is 0 Å². The summed E-state index contributed by atoms with van der Waals surface area (Å²) in [5, 5.41) is 0. The zero-order chi connectivity index (χ0) is 14.8. The first-order valence-electron chi connectivity index (χ1n) is 7.93. The number of hydrogen-bond acceptors (Lipinski definition) is 1. The van der Waals surface area contributed by atoms with Crippen LogP contribution < -0.4 is 0 Å². The van der Waals surface area contributed by atoms with Crippen molar-refractivity contribution in [3.05, 3.63) is 27.6 Å². The minimum atomic E-state index is 0.522. The normalized spacial score (nSPS) is 18.2. The van der Waals surface area contributed by atoms with Gasteiger partial charge in [-0.25, -0.2) is 4.98 Å². The number of aryl methyl sites for hydroxylation is 1. The maximum atomic E-state index is 6.00. The first kappa shape index (κ1) is 15.6. The van der Waals surface area contributed by atoms with Crippen molar-refractivity contribution in [1.29, 1.82) is 0 Å². The Labute approximate surface area is 145 Å². The smallest absolute Gasteiger partial charge is 0.111 e. The van der Waals surface area contributed by atoms with Gasteiger partial charge in [-0.1, -0.05) is 19.3 Å². The molecule has 1 saturated carbocycles. The molecule has 0 radical (unpaired) electrons. The summed E-state index contributed by atoms with van der Waals surface area (Å²) < 4.78 is 3.71. The first-order valence-corrected chi connectivity index (χ1v) is 9.54. The van der Waals surface area contributed by atoms with Gasteiger partial charge >= 0.3 is 0 Å². The SMILES string of the molecule is CC(C1CCCCC1)n1c(CCCl)nc2cc(I)ccc21. The molecule has 0 amide bonds. The average molecular weight is 417 g/mol. The second kappa shape index (κ2) is 6.86. The van der Waals surface area contributed by atoms with E-state index in [9.17, 15) is 0 Å². The second-order valence-electron chi connectivity index (χ2n) is 6.11. The van der Waals surface area contributed by atoms with E-state index in [4.69, 9.17) is 16.6 Å². The monoisotopic (exact) mass is 416 g/mol. The van der Waals surface area contributed by atoms with Gasteiger partial charge in [0, 0.05) is 21.9 Å². The molecule has 0 spiro atoms. The van der Waals surface area contributed by atoms with E-state index in [0.717, 1.165) is 23.7 Å². The lowest BCUT2D eigenvalue weighted by Gasteiger charge is -2.30. The third kappa shape index (κ3) is 3.24. The zero-order valence-corrected chi connectivity index (χ0v) is 15.4. The van der Waals surface area contributed by atoms with Crippen LogP contribution in [0.4, 0.5) is 0 Å². The molecule has 4 heteroatoms. The van der Waals surface area contributed by atoms with Gasteiger partial charge in [0.25, 0.3) is 0 Å². The Balaban J connectivity index is 2.03. The number of imidazole rings is 1. The van der Waals surface area contributed by atoms with Crippen molar-refractivity contribution >= 4 is 45.2 Å². The van der Waals surface area contributed by atoms with Gasteiger partial charge in [-0.3, -0.25) is 0 Å². The summed E-state index contributed by atoms with van der Waals surface area (Å²) in [6.07, 6.45) is 7.72. The van der Waals surface area contributed by atoms with Gasteiger partial charge in [-0.05, 0) is 66.5 Å². The highest BCUT2D eigenvalue weighted by Crippen LogP contribution is 2.35. The van der Waals surface area contributed by atoms with E-state index >= 15 is 0 Å². The van der Waals surface area contributed by atoms with Crippen LogP contribution in [0.5, 0.6) is 0 Å². The third-order valence-corrected chi connectivity index (χ3v) is 5.64. The summed E-state index contributed by atoms with van der Waals surface area (Å²) in [4.78, 5) is 4.85. The van der Waals surface area contributed by atoms with Gasteiger partial charge in [0.05, 0.1) is 11.0 Å². The van der Waals surface area contributed by atoms with E-state index in [-0.39, 0.29) is 0 Å². The predicted octanol–water partition coefficient (Wildman–Crippen LogP) is 5.56. The van der Waals surface area contributed by atoms with E-state index in [1.807, 2.05) is 0 Å². The number of aromatic nitrogens is 2. The molecule has 1 unspecified atom stereocenters. The Morgan fingerprint density at radius 2 is 2.10 bits per heavy atom. The molecule has 1 heterocycles. The van der Waals surface area contributed by atoms with Gasteiger partial charge in [-0.15, -0.1) is 11.6 Å². The summed E-state index contributed by atoms with van der Waals surface area (Å²) in [5.41, 5.74) is 2.39. The van der Waals surface area contributed by atoms with Crippen LogP contribution in [-0.4, -0.2) is 15.4 Å². The summed E-state index contributed by atoms with van der Waals surface area (Å²) in [6, 6.07) is 7.10. The van der Waals surface area contributed by atoms with Crippen LogP contribution in [0.3, 0.4) is 0 Å². The fourth-order valence-corrected chi connectivity index (χ4v) is 4.31. The summed E-state index contributed by atoms with van der Waals surface area (Å²) in [5.74, 6) is 2.57. The fraction of sp³-hybridized carbons (Fsp3) is 0.588. The highest BCUT2D eigenvalue weighted by atomic mass is 127. The van der Waals surface area contributed by atoms with Gasteiger partial charge < -0.3 is 4.57 Å². The number of hydrogen-bond donors (Lipinski definition) is 0. The lowest BCUT2D eigenvalue weighted by Crippen LogP contribution is -2.21. The fourth-order valence-electron chi connectivity index (χ4n) is 3.66. The summed E-state index contributed by atoms with van der Waals surface area (Å²) in [7, 11) is 0. The van der Waals surface area contributed by atoms with E-state index in [1.54, 1.807) is 0 Å². The zero-order valence-electron chi connectivity index (χ0n) is 12.5. The number of fused-ring (bicyclic) bond motifs is 1. The van der Waals surface area contributed by atoms with Crippen molar-refractivity contribution in [1.82, 2.24) is 9.55 Å². The molecule has 1 aromatic heterocycles. The molecule has 2 aromatic rings. The van der Waals surface area contributed by atoms with E-state index in [0.29, 0.717) is 11.9 Å². The van der Waals surface area contributed by atoms with Crippen molar-refractivity contribution < 1.29 is 0 Å². The Bertz CT molecular complexity index is 617. The molecule has 3 rings (SSSR count). The molecule has 1 fully saturated rings. The van der Waals surface area contributed by atoms with Gasteiger partial charge in [0.15, 0.2) is 0 Å². The number of rotatable bonds is 4. The lowest BCUT2D eigenvalue weighted by atomic mass is 9.84. The highest BCUT2D eigenvalue weighted by Gasteiger charge is 2.24. The Hall–Kier alpha value is -0.290. The van der Waals surface area contributed by atoms with Gasteiger partial charge in [0.1, 0.15) is 5.82 Å². The average Bonchev–Trinajstić information content (AvgIpc) is 2.85. The molecule has 114 valence electrons. The van der Waals surface area contributed by atoms with Crippen molar-refractivity contribution in [2.45, 2.75) is 51.5 Å². The van der Waals surface area contributed by atoms with Crippen molar-refractivity contribution in [2.75, 3.05) is 5.88 Å². The minimum absolute atomic E-state index is 0.522. The molecule has 1 aromatic carbocycles. The van der Waals surface area contributed by atoms with Crippen LogP contribution in [0, 0.1) is 9.49 Å². The molecule has 0 bridgehead atoms. The Morgan fingerprint density at radius 3 is 2.81 bits per heavy atom. The van der Waals surface area contributed by atoms with Crippen molar-refractivity contribution in [3.8, 4) is 0 Å². The van der Waals surface area contributed by atoms with Crippen molar-refractivity contribution in [3.63, 3.8) is 0 Å². The molecule has 2 nitrogen and oxygen atoms in total. The maximum Gasteiger partial charge on any atom is 0.111 e. The second-order valence-corrected chi connectivity index (χ2v) is 7.73. The van der Waals surface area contributed by atoms with E-state index in [1.165, 1.54) is 41.2 Å². The lowest BCUT2D eigenvalue weighted by molar-refractivity contribution is 0.264. The number of benzene rings is 1. The standard InChI is InChI=1S/C17H22ClIN2/c1-12(13-5-3-2-4-6-13)21-16-8-7-14(19)11-15(16)20-17(21)9-10-18/h7-8,11-13H,2-6,9-10H2,1H3. The molecule has 0 saturated heterocycles. The number of halogens is 2. The highest BCUT2D eigenvalue weighted by molar-refractivity contribution is 14.1. The molecule has 0 N–H and O–H groups in total. The molecular formula is C17H22ClIN2. The molecular weight excluding hydrogens is 395 g/mol. The summed E-state index contributed by atoms with van der Waals surface area (Å²) >= 11 is 8.36. The van der Waals surface area contributed by atoms with Crippen LogP contribution in [-0.2, 0) is 6.42 Å². The Morgan fingerprint density at radius 1 is 1.33 bits per heavy atom. The van der Waals surface area contributed by atoms with E-state index in [2.05, 4.69) is 52.3 Å². The summed E-state index contributed by atoms with van der Waals surface area (Å²) in [6.45, 7) is 2.37. The minimum Gasteiger partial charge on any atom is -0.325 e. The number of nitrogens with zero attached hydrogens (tertiary/aromatic N) is 2. The van der Waals surface area contributed by atoms with Crippen LogP contribution in [0.25, 0.3) is 11.0 Å². The van der Waals surface area contributed by atoms with Crippen LogP contribution in [0.2, 0.25) is 0 Å². The van der Waals surface area contributed by atoms with Crippen molar-refractivity contribution in [2.24, 2.45) is 5.92 Å². The third-order valence-electron chi connectivity index (χ3n) is 4.78. The van der Waals surface area contributed by atoms with E-state index < -0.39 is 0 Å². The maximum absolute atomic E-state index is 6.00. The predicted molar refractivity (Wildman–Crippen MR) is 98.2 cm³/mol. The largest absolute Gasteiger partial charge is 0.325 e. The Kier molecular flexibility index (Phi) is 5.10. The number of alkyl halides is 1. The van der Waals surface area contributed by atoms with Crippen LogP contribution in [0.1, 0.15) is 50.9 Å². The molecule has 1 aliphatic rings. The van der Waals surface area contributed by atoms with Crippen LogP contribution >= 0.6 is 34.2 Å². The molecule has 1 aliphatic carbocycles. The topological polar surface area (TPSA) is 17.8 Å². The molecule has 1 atom stereocenters. The van der Waals surface area contributed by atoms with Crippen LogP contribution in [0.15, 0.2) is 18.2 Å². The molecule has 0 aliphatic heterocycles. The first-order chi connectivity index (χ1) is 10.2. The molecule has 21 heavy (non-hydrogen) atoms. The quantitative estimate of drug-likeness (QED) is 0.471. The van der Waals surface area contributed by atoms with Gasteiger partial charge in [0.2, 0.25) is 0 Å².